The molecule has 0 aliphatic heterocycles. The lowest BCUT2D eigenvalue weighted by Crippen LogP contribution is -2.36. The van der Waals surface area contributed by atoms with Gasteiger partial charge in [0.15, 0.2) is 11.6 Å². The van der Waals surface area contributed by atoms with Crippen LogP contribution in [0.1, 0.15) is 44.9 Å². The predicted molar refractivity (Wildman–Crippen MR) is 145 cm³/mol. The number of carbonyl (C=O) groups excluding carboxylic acids is 2. The summed E-state index contributed by atoms with van der Waals surface area (Å²) in [5.41, 5.74) is 1.89. The summed E-state index contributed by atoms with van der Waals surface area (Å²) in [7, 11) is 1.45. The zero-order chi connectivity index (χ0) is 28.0. The lowest BCUT2D eigenvalue weighted by Gasteiger charge is -2.17. The first-order chi connectivity index (χ1) is 19.3. The van der Waals surface area contributed by atoms with Crippen LogP contribution >= 0.6 is 0 Å². The normalized spacial score (nSPS) is 13.7. The fourth-order valence-corrected chi connectivity index (χ4v) is 4.88. The van der Waals surface area contributed by atoms with Crippen LogP contribution in [0.5, 0.6) is 0 Å². The number of aromatic nitrogens is 4. The lowest BCUT2D eigenvalue weighted by molar-refractivity contribution is 0.0927. The molecule has 1 aliphatic carbocycles. The number of amides is 2. The highest BCUT2D eigenvalue weighted by atomic mass is 19.1. The number of halogens is 2. The van der Waals surface area contributed by atoms with Crippen molar-refractivity contribution in [3.63, 3.8) is 0 Å². The highest BCUT2D eigenvalue weighted by Crippen LogP contribution is 2.44. The van der Waals surface area contributed by atoms with Crippen molar-refractivity contribution in [2.24, 2.45) is 0 Å². The van der Waals surface area contributed by atoms with Gasteiger partial charge >= 0.3 is 0 Å². The first-order valence-electron chi connectivity index (χ1n) is 12.7. The van der Waals surface area contributed by atoms with Crippen molar-refractivity contribution in [1.29, 1.82) is 0 Å². The molecule has 10 heteroatoms. The minimum Gasteiger partial charge on any atom is -0.355 e. The van der Waals surface area contributed by atoms with Crippen LogP contribution in [0.4, 0.5) is 8.78 Å². The molecule has 0 radical (unpaired) electrons. The largest absolute Gasteiger partial charge is 0.355 e. The second-order valence-electron chi connectivity index (χ2n) is 9.78. The fraction of sp³-hybridized carbons (Fsp3) is 0.167. The van der Waals surface area contributed by atoms with Crippen LogP contribution in [0.15, 0.2) is 73.2 Å². The third-order valence-electron chi connectivity index (χ3n) is 7.20. The van der Waals surface area contributed by atoms with Crippen LogP contribution in [-0.2, 0) is 5.54 Å². The topological polar surface area (TPSA) is 101 Å². The number of benzene rings is 2. The van der Waals surface area contributed by atoms with E-state index < -0.39 is 23.1 Å². The Balaban J connectivity index is 1.43. The molecule has 0 spiro atoms. The highest BCUT2D eigenvalue weighted by molar-refractivity contribution is 6.07. The van der Waals surface area contributed by atoms with E-state index in [0.29, 0.717) is 22.5 Å². The van der Waals surface area contributed by atoms with Gasteiger partial charge in [0.05, 0.1) is 5.56 Å². The third kappa shape index (κ3) is 4.27. The number of aryl methyl sites for hydroxylation is 1. The van der Waals surface area contributed by atoms with Gasteiger partial charge < -0.3 is 10.6 Å². The van der Waals surface area contributed by atoms with Crippen molar-refractivity contribution in [2.75, 3.05) is 7.05 Å². The van der Waals surface area contributed by atoms with Crippen molar-refractivity contribution in [1.82, 2.24) is 30.2 Å². The van der Waals surface area contributed by atoms with E-state index in [4.69, 9.17) is 0 Å². The molecule has 2 N–H and O–H groups in total. The fourth-order valence-electron chi connectivity index (χ4n) is 4.88. The molecule has 200 valence electrons. The second kappa shape index (κ2) is 9.64. The number of hydrogen-bond acceptors (Lipinski definition) is 5. The van der Waals surface area contributed by atoms with Crippen molar-refractivity contribution in [3.8, 4) is 22.4 Å². The monoisotopic (exact) mass is 538 g/mol. The molecule has 0 bridgehead atoms. The van der Waals surface area contributed by atoms with Gasteiger partial charge in [-0.25, -0.2) is 23.3 Å². The average molecular weight is 539 g/mol. The molecule has 1 fully saturated rings. The van der Waals surface area contributed by atoms with Crippen LogP contribution < -0.4 is 10.6 Å². The van der Waals surface area contributed by atoms with E-state index in [-0.39, 0.29) is 28.2 Å². The first-order valence-corrected chi connectivity index (χ1v) is 12.7. The summed E-state index contributed by atoms with van der Waals surface area (Å²) in [6.07, 6.45) is 6.30. The smallest absolute Gasteiger partial charge is 0.255 e. The van der Waals surface area contributed by atoms with Gasteiger partial charge in [-0.3, -0.25) is 9.59 Å². The number of carbonyl (C=O) groups is 2. The van der Waals surface area contributed by atoms with E-state index in [1.54, 1.807) is 48.9 Å². The number of nitrogens with one attached hydrogen (secondary N) is 2. The number of nitrogens with zero attached hydrogens (tertiary/aromatic N) is 4. The van der Waals surface area contributed by atoms with E-state index >= 15 is 4.39 Å². The SMILES string of the molecule is CNC(=O)c1c(-c2ccc(F)cc2)nn2ccc(-c3cc(C(=O)NC4(c5ncccn5)CC4)ccc3C)c(F)c12. The van der Waals surface area contributed by atoms with Gasteiger partial charge in [0.2, 0.25) is 0 Å². The maximum Gasteiger partial charge on any atom is 0.255 e. The molecule has 1 saturated carbocycles. The molecule has 40 heavy (non-hydrogen) atoms. The number of fused-ring (bicyclic) bond motifs is 1. The molecule has 0 saturated heterocycles. The van der Waals surface area contributed by atoms with Crippen molar-refractivity contribution >= 4 is 17.3 Å². The Bertz CT molecular complexity index is 1780. The maximum absolute atomic E-state index is 16.3. The molecule has 3 heterocycles. The summed E-state index contributed by atoms with van der Waals surface area (Å²) in [6.45, 7) is 1.82. The summed E-state index contributed by atoms with van der Waals surface area (Å²) in [5, 5.41) is 10.0. The van der Waals surface area contributed by atoms with Crippen molar-refractivity contribution in [3.05, 3.63) is 107 Å². The van der Waals surface area contributed by atoms with Crippen LogP contribution in [0, 0.1) is 18.6 Å². The van der Waals surface area contributed by atoms with Crippen molar-refractivity contribution < 1.29 is 18.4 Å². The van der Waals surface area contributed by atoms with Gasteiger partial charge in [-0.15, -0.1) is 0 Å². The molecule has 1 aliphatic rings. The number of pyridine rings is 1. The molecule has 2 amide bonds. The predicted octanol–water partition coefficient (Wildman–Crippen LogP) is 4.82. The van der Waals surface area contributed by atoms with Gasteiger partial charge in [0.25, 0.3) is 11.8 Å². The zero-order valence-electron chi connectivity index (χ0n) is 21.7. The zero-order valence-corrected chi connectivity index (χ0v) is 21.7. The summed E-state index contributed by atoms with van der Waals surface area (Å²) in [6, 6.07) is 13.8. The van der Waals surface area contributed by atoms with Crippen LogP contribution in [-0.4, -0.2) is 38.4 Å². The molecule has 3 aromatic heterocycles. The van der Waals surface area contributed by atoms with E-state index in [9.17, 15) is 14.0 Å². The maximum atomic E-state index is 16.3. The molecular weight excluding hydrogens is 514 g/mol. The second-order valence-corrected chi connectivity index (χ2v) is 9.78. The highest BCUT2D eigenvalue weighted by Gasteiger charge is 2.48. The van der Waals surface area contributed by atoms with Gasteiger partial charge in [-0.2, -0.15) is 5.10 Å². The molecule has 6 rings (SSSR count). The first kappa shape index (κ1) is 25.3. The minimum atomic E-state index is -0.668. The third-order valence-corrected chi connectivity index (χ3v) is 7.20. The Morgan fingerprint density at radius 2 is 1.68 bits per heavy atom. The Labute approximate surface area is 228 Å². The lowest BCUT2D eigenvalue weighted by atomic mass is 9.96. The minimum absolute atomic E-state index is 0.0245. The summed E-state index contributed by atoms with van der Waals surface area (Å²) >= 11 is 0. The average Bonchev–Trinajstić information content (AvgIpc) is 3.65. The van der Waals surface area contributed by atoms with Crippen LogP contribution in [0.3, 0.4) is 0 Å². The molecule has 0 atom stereocenters. The van der Waals surface area contributed by atoms with E-state index in [1.165, 1.54) is 35.8 Å². The Morgan fingerprint density at radius 1 is 0.950 bits per heavy atom. The Kier molecular flexibility index (Phi) is 6.10. The van der Waals surface area contributed by atoms with Crippen LogP contribution in [0.2, 0.25) is 0 Å². The molecule has 2 aromatic carbocycles. The molecular formula is C30H24F2N6O2. The molecule has 5 aromatic rings. The van der Waals surface area contributed by atoms with Gasteiger partial charge in [-0.05, 0) is 79.4 Å². The van der Waals surface area contributed by atoms with Gasteiger partial charge in [-0.1, -0.05) is 6.07 Å². The Hall–Kier alpha value is -4.99. The number of hydrogen-bond donors (Lipinski definition) is 2. The van der Waals surface area contributed by atoms with E-state index in [0.717, 1.165) is 18.4 Å². The van der Waals surface area contributed by atoms with E-state index in [1.807, 2.05) is 6.92 Å². The molecule has 8 nitrogen and oxygen atoms in total. The number of rotatable bonds is 6. The Morgan fingerprint density at radius 3 is 2.35 bits per heavy atom. The summed E-state index contributed by atoms with van der Waals surface area (Å²) in [4.78, 5) is 34.8. The summed E-state index contributed by atoms with van der Waals surface area (Å²) < 4.78 is 31.1. The van der Waals surface area contributed by atoms with Crippen LogP contribution in [0.25, 0.3) is 27.9 Å². The van der Waals surface area contributed by atoms with Crippen molar-refractivity contribution in [2.45, 2.75) is 25.3 Å². The van der Waals surface area contributed by atoms with Gasteiger partial charge in [0, 0.05) is 42.3 Å². The summed E-state index contributed by atoms with van der Waals surface area (Å²) in [5.74, 6) is -1.40. The molecule has 0 unspecified atom stereocenters. The standard InChI is InChI=1S/C30H24F2N6O2/c1-17-4-5-19(27(39)36-30(11-12-30)29-34-13-3-14-35-29)16-22(17)21-10-15-38-26(24(21)32)23(28(40)33-2)25(37-38)18-6-8-20(31)9-7-18/h3-10,13-16H,11-12H2,1-2H3,(H,33,40)(H,36,39). The quantitative estimate of drug-likeness (QED) is 0.323. The van der Waals surface area contributed by atoms with Gasteiger partial charge in [0.1, 0.15) is 22.6 Å². The van der Waals surface area contributed by atoms with E-state index in [2.05, 4.69) is 25.7 Å².